The molecule has 0 spiro atoms. The van der Waals surface area contributed by atoms with Gasteiger partial charge in [-0.15, -0.1) is 0 Å². The minimum absolute atomic E-state index is 0.0295. The van der Waals surface area contributed by atoms with Crippen molar-refractivity contribution in [2.75, 3.05) is 39.3 Å². The molecule has 0 radical (unpaired) electrons. The van der Waals surface area contributed by atoms with Crippen LogP contribution >= 0.6 is 0 Å². The zero-order chi connectivity index (χ0) is 16.2. The van der Waals surface area contributed by atoms with Crippen LogP contribution in [0.2, 0.25) is 0 Å². The number of aliphatic hydroxyl groups excluding tert-OH is 1. The van der Waals surface area contributed by atoms with E-state index in [1.54, 1.807) is 17.1 Å². The van der Waals surface area contributed by atoms with Crippen LogP contribution in [0.25, 0.3) is 0 Å². The Kier molecular flexibility index (Phi) is 5.33. The Hall–Kier alpha value is -1.40. The van der Waals surface area contributed by atoms with Crippen molar-refractivity contribution in [3.05, 3.63) is 18.2 Å². The topological polar surface area (TPSA) is 61.6 Å². The Morgan fingerprint density at radius 3 is 2.52 bits per heavy atom. The second-order valence-corrected chi connectivity index (χ2v) is 7.02. The highest BCUT2D eigenvalue weighted by Gasteiger charge is 2.36. The quantitative estimate of drug-likeness (QED) is 0.898. The maximum absolute atomic E-state index is 12.7. The molecule has 0 bridgehead atoms. The highest BCUT2D eigenvalue weighted by atomic mass is 16.3. The maximum Gasteiger partial charge on any atom is 0.272 e. The van der Waals surface area contributed by atoms with Crippen LogP contribution in [0.3, 0.4) is 0 Å². The summed E-state index contributed by atoms with van der Waals surface area (Å²) in [5, 5.41) is 9.73. The SMILES string of the molecule is Cn1cncc1C(=O)N1C[C@@H](CN2CCCCCC2)[C@@H](CO)C1. The van der Waals surface area contributed by atoms with E-state index in [1.807, 2.05) is 11.9 Å². The van der Waals surface area contributed by atoms with Gasteiger partial charge in [0, 0.05) is 39.2 Å². The second-order valence-electron chi connectivity index (χ2n) is 7.02. The molecule has 128 valence electrons. The summed E-state index contributed by atoms with van der Waals surface area (Å²) in [5.41, 5.74) is 0.622. The van der Waals surface area contributed by atoms with Crippen molar-refractivity contribution in [2.24, 2.45) is 18.9 Å². The standard InChI is InChI=1S/C17H28N4O2/c1-19-13-18-8-16(19)17(23)21-10-14(15(11-21)12-22)9-20-6-4-2-3-5-7-20/h8,13-15,22H,2-7,9-12H2,1H3/t14-,15-/m1/s1. The zero-order valence-electron chi connectivity index (χ0n) is 14.0. The van der Waals surface area contributed by atoms with Crippen LogP contribution in [0, 0.1) is 11.8 Å². The third-order valence-electron chi connectivity index (χ3n) is 5.33. The Morgan fingerprint density at radius 1 is 1.22 bits per heavy atom. The van der Waals surface area contributed by atoms with Gasteiger partial charge in [0.05, 0.1) is 12.5 Å². The molecule has 6 heteroatoms. The van der Waals surface area contributed by atoms with Gasteiger partial charge < -0.3 is 19.5 Å². The third kappa shape index (κ3) is 3.75. The van der Waals surface area contributed by atoms with Crippen LogP contribution in [0.1, 0.15) is 36.2 Å². The highest BCUT2D eigenvalue weighted by molar-refractivity contribution is 5.92. The van der Waals surface area contributed by atoms with Crippen LogP contribution in [0.15, 0.2) is 12.5 Å². The Morgan fingerprint density at radius 2 is 1.91 bits per heavy atom. The first-order chi connectivity index (χ1) is 11.2. The molecule has 0 saturated carbocycles. The van der Waals surface area contributed by atoms with E-state index in [2.05, 4.69) is 9.88 Å². The molecule has 2 aliphatic heterocycles. The largest absolute Gasteiger partial charge is 0.396 e. The molecule has 6 nitrogen and oxygen atoms in total. The lowest BCUT2D eigenvalue weighted by molar-refractivity contribution is 0.0769. The number of rotatable bonds is 4. The van der Waals surface area contributed by atoms with Gasteiger partial charge in [0.2, 0.25) is 0 Å². The monoisotopic (exact) mass is 320 g/mol. The molecule has 23 heavy (non-hydrogen) atoms. The smallest absolute Gasteiger partial charge is 0.272 e. The Balaban J connectivity index is 1.63. The van der Waals surface area contributed by atoms with E-state index >= 15 is 0 Å². The van der Waals surface area contributed by atoms with E-state index in [0.29, 0.717) is 18.2 Å². The summed E-state index contributed by atoms with van der Waals surface area (Å²) in [5.74, 6) is 0.590. The molecule has 3 rings (SSSR count). The number of hydrogen-bond donors (Lipinski definition) is 1. The number of amides is 1. The van der Waals surface area contributed by atoms with Gasteiger partial charge in [-0.2, -0.15) is 0 Å². The summed E-state index contributed by atoms with van der Waals surface area (Å²) in [6, 6.07) is 0. The van der Waals surface area contributed by atoms with E-state index in [4.69, 9.17) is 0 Å². The normalized spacial score (nSPS) is 26.4. The summed E-state index contributed by atoms with van der Waals surface area (Å²) in [6.07, 6.45) is 8.48. The van der Waals surface area contributed by atoms with Gasteiger partial charge in [-0.3, -0.25) is 4.79 Å². The van der Waals surface area contributed by atoms with E-state index in [0.717, 1.165) is 26.2 Å². The minimum Gasteiger partial charge on any atom is -0.396 e. The number of hydrogen-bond acceptors (Lipinski definition) is 4. The molecule has 0 aromatic carbocycles. The van der Waals surface area contributed by atoms with E-state index in [9.17, 15) is 9.90 Å². The number of aromatic nitrogens is 2. The average molecular weight is 320 g/mol. The van der Waals surface area contributed by atoms with Crippen molar-refractivity contribution in [1.82, 2.24) is 19.4 Å². The van der Waals surface area contributed by atoms with E-state index in [-0.39, 0.29) is 18.4 Å². The highest BCUT2D eigenvalue weighted by Crippen LogP contribution is 2.26. The number of nitrogens with zero attached hydrogens (tertiary/aromatic N) is 4. The van der Waals surface area contributed by atoms with Crippen LogP contribution in [0.4, 0.5) is 0 Å². The lowest BCUT2D eigenvalue weighted by Crippen LogP contribution is -2.35. The number of aliphatic hydroxyl groups is 1. The molecular weight excluding hydrogens is 292 g/mol. The van der Waals surface area contributed by atoms with Gasteiger partial charge in [0.25, 0.3) is 5.91 Å². The van der Waals surface area contributed by atoms with Gasteiger partial charge in [-0.25, -0.2) is 4.98 Å². The molecule has 2 atom stereocenters. The van der Waals surface area contributed by atoms with Crippen LogP contribution in [0.5, 0.6) is 0 Å². The average Bonchev–Trinajstić information content (AvgIpc) is 3.06. The predicted molar refractivity (Wildman–Crippen MR) is 88.1 cm³/mol. The molecule has 0 unspecified atom stereocenters. The maximum atomic E-state index is 12.7. The van der Waals surface area contributed by atoms with Crippen molar-refractivity contribution in [2.45, 2.75) is 25.7 Å². The molecule has 1 amide bonds. The number of likely N-dealkylation sites (tertiary alicyclic amines) is 2. The number of aryl methyl sites for hydroxylation is 1. The fourth-order valence-corrected chi connectivity index (χ4v) is 3.89. The summed E-state index contributed by atoms with van der Waals surface area (Å²) < 4.78 is 1.76. The van der Waals surface area contributed by atoms with E-state index < -0.39 is 0 Å². The summed E-state index contributed by atoms with van der Waals surface area (Å²) >= 11 is 0. The summed E-state index contributed by atoms with van der Waals surface area (Å²) in [6.45, 7) is 4.87. The van der Waals surface area contributed by atoms with Crippen molar-refractivity contribution < 1.29 is 9.90 Å². The molecule has 3 heterocycles. The summed E-state index contributed by atoms with van der Waals surface area (Å²) in [7, 11) is 1.84. The molecule has 1 N–H and O–H groups in total. The fourth-order valence-electron chi connectivity index (χ4n) is 3.89. The first kappa shape index (κ1) is 16.5. The number of carbonyl (C=O) groups excluding carboxylic acids is 1. The van der Waals surface area contributed by atoms with Crippen LogP contribution < -0.4 is 0 Å². The van der Waals surface area contributed by atoms with E-state index in [1.165, 1.54) is 25.7 Å². The van der Waals surface area contributed by atoms with Gasteiger partial charge in [0.1, 0.15) is 5.69 Å². The lowest BCUT2D eigenvalue weighted by atomic mass is 9.96. The molecule has 2 fully saturated rings. The summed E-state index contributed by atoms with van der Waals surface area (Å²) in [4.78, 5) is 21.1. The van der Waals surface area contributed by atoms with Crippen molar-refractivity contribution in [1.29, 1.82) is 0 Å². The van der Waals surface area contributed by atoms with Gasteiger partial charge >= 0.3 is 0 Å². The number of carbonyl (C=O) groups is 1. The Labute approximate surface area is 138 Å². The first-order valence-electron chi connectivity index (χ1n) is 8.78. The third-order valence-corrected chi connectivity index (χ3v) is 5.33. The minimum atomic E-state index is 0.0295. The van der Waals surface area contributed by atoms with Crippen LogP contribution in [-0.4, -0.2) is 69.7 Å². The number of imidazole rings is 1. The van der Waals surface area contributed by atoms with Gasteiger partial charge in [-0.05, 0) is 31.8 Å². The Bertz CT molecular complexity index is 522. The van der Waals surface area contributed by atoms with Crippen molar-refractivity contribution >= 4 is 5.91 Å². The van der Waals surface area contributed by atoms with Crippen LogP contribution in [-0.2, 0) is 7.05 Å². The molecule has 1 aromatic heterocycles. The second kappa shape index (κ2) is 7.45. The van der Waals surface area contributed by atoms with Crippen molar-refractivity contribution in [3.63, 3.8) is 0 Å². The molecule has 0 aliphatic carbocycles. The van der Waals surface area contributed by atoms with Gasteiger partial charge in [0.15, 0.2) is 0 Å². The van der Waals surface area contributed by atoms with Gasteiger partial charge in [-0.1, -0.05) is 12.8 Å². The molecule has 2 saturated heterocycles. The fraction of sp³-hybridized carbons (Fsp3) is 0.765. The van der Waals surface area contributed by atoms with Crippen molar-refractivity contribution in [3.8, 4) is 0 Å². The molecular formula is C17H28N4O2. The molecule has 2 aliphatic rings. The first-order valence-corrected chi connectivity index (χ1v) is 8.78. The lowest BCUT2D eigenvalue weighted by Gasteiger charge is -2.26. The predicted octanol–water partition coefficient (Wildman–Crippen LogP) is 0.977. The molecule has 1 aromatic rings. The zero-order valence-corrected chi connectivity index (χ0v) is 14.0.